The number of carbonyl (C=O) groups is 1. The molecule has 1 fully saturated rings. The zero-order valence-electron chi connectivity index (χ0n) is 14.5. The Hall–Kier alpha value is -1.47. The molecule has 2 rings (SSSR count). The van der Waals surface area contributed by atoms with Crippen molar-refractivity contribution in [2.24, 2.45) is 0 Å². The smallest absolute Gasteiger partial charge is 0.240 e. The molecule has 1 aromatic heterocycles. The molecule has 2 heterocycles. The summed E-state index contributed by atoms with van der Waals surface area (Å²) < 4.78 is 5.29. The molecule has 1 aliphatic rings. The third-order valence-corrected chi connectivity index (χ3v) is 4.19. The van der Waals surface area contributed by atoms with Gasteiger partial charge < -0.3 is 9.84 Å². The van der Waals surface area contributed by atoms with Crippen molar-refractivity contribution in [3.63, 3.8) is 0 Å². The number of rotatable bonds is 8. The van der Waals surface area contributed by atoms with E-state index < -0.39 is 0 Å². The Labute approximate surface area is 138 Å². The van der Waals surface area contributed by atoms with Crippen LogP contribution in [0.5, 0.6) is 0 Å². The highest BCUT2D eigenvalue weighted by molar-refractivity contribution is 5.78. The second kappa shape index (κ2) is 8.98. The number of piperazine rings is 1. The van der Waals surface area contributed by atoms with Crippen LogP contribution < -0.4 is 5.32 Å². The van der Waals surface area contributed by atoms with Crippen molar-refractivity contribution < 1.29 is 9.32 Å². The van der Waals surface area contributed by atoms with E-state index in [1.165, 1.54) is 0 Å². The summed E-state index contributed by atoms with van der Waals surface area (Å²) in [5.41, 5.74) is 0. The predicted octanol–water partition coefficient (Wildman–Crippen LogP) is 1.05. The first-order valence-electron chi connectivity index (χ1n) is 8.66. The summed E-state index contributed by atoms with van der Waals surface area (Å²) in [5, 5.41) is 7.00. The minimum absolute atomic E-state index is 0.119. The van der Waals surface area contributed by atoms with Crippen molar-refractivity contribution in [2.45, 2.75) is 52.6 Å². The number of carbonyl (C=O) groups excluding carboxylic acids is 1. The van der Waals surface area contributed by atoms with E-state index in [1.807, 2.05) is 6.92 Å². The first-order chi connectivity index (χ1) is 11.1. The highest BCUT2D eigenvalue weighted by Gasteiger charge is 2.21. The molecule has 1 atom stereocenters. The topological polar surface area (TPSA) is 74.5 Å². The maximum atomic E-state index is 11.9. The molecular weight excluding hydrogens is 294 g/mol. The number of nitrogens with zero attached hydrogens (tertiary/aromatic N) is 4. The molecular formula is C16H29N5O2. The van der Waals surface area contributed by atoms with Gasteiger partial charge in [-0.05, 0) is 19.8 Å². The lowest BCUT2D eigenvalue weighted by molar-refractivity contribution is -0.123. The molecule has 7 heteroatoms. The Bertz CT molecular complexity index is 483. The number of hydrogen-bond acceptors (Lipinski definition) is 6. The van der Waals surface area contributed by atoms with E-state index in [1.54, 1.807) is 0 Å². The maximum Gasteiger partial charge on any atom is 0.240 e. The second-order valence-corrected chi connectivity index (χ2v) is 6.28. The van der Waals surface area contributed by atoms with Gasteiger partial charge in [-0.1, -0.05) is 19.0 Å². The van der Waals surface area contributed by atoms with E-state index in [9.17, 15) is 4.79 Å². The van der Waals surface area contributed by atoms with Crippen LogP contribution in [-0.4, -0.2) is 64.6 Å². The van der Waals surface area contributed by atoms with Gasteiger partial charge in [-0.2, -0.15) is 4.98 Å². The molecule has 23 heavy (non-hydrogen) atoms. The molecule has 1 saturated heterocycles. The Morgan fingerprint density at radius 3 is 2.61 bits per heavy atom. The van der Waals surface area contributed by atoms with Crippen LogP contribution in [0.15, 0.2) is 4.52 Å². The molecule has 0 saturated carbocycles. The van der Waals surface area contributed by atoms with E-state index >= 15 is 0 Å². The van der Waals surface area contributed by atoms with Crippen LogP contribution in [0.4, 0.5) is 0 Å². The summed E-state index contributed by atoms with van der Waals surface area (Å²) in [6, 6.07) is 0.249. The Morgan fingerprint density at radius 1 is 1.26 bits per heavy atom. The summed E-state index contributed by atoms with van der Waals surface area (Å²) >= 11 is 0. The number of amides is 1. The highest BCUT2D eigenvalue weighted by atomic mass is 16.5. The van der Waals surface area contributed by atoms with Gasteiger partial charge in [0.25, 0.3) is 0 Å². The van der Waals surface area contributed by atoms with Crippen LogP contribution >= 0.6 is 0 Å². The summed E-state index contributed by atoms with van der Waals surface area (Å²) in [4.78, 5) is 20.8. The van der Waals surface area contributed by atoms with Crippen LogP contribution in [0.1, 0.15) is 45.3 Å². The van der Waals surface area contributed by atoms with Crippen LogP contribution in [0.3, 0.4) is 0 Å². The Balaban J connectivity index is 1.70. The molecule has 1 aromatic rings. The van der Waals surface area contributed by atoms with Gasteiger partial charge in [0.1, 0.15) is 0 Å². The third kappa shape index (κ3) is 5.91. The van der Waals surface area contributed by atoms with Crippen molar-refractivity contribution in [3.05, 3.63) is 11.7 Å². The lowest BCUT2D eigenvalue weighted by Gasteiger charge is -2.33. The van der Waals surface area contributed by atoms with E-state index in [4.69, 9.17) is 4.52 Å². The van der Waals surface area contributed by atoms with Gasteiger partial charge in [0, 0.05) is 38.6 Å². The Kier molecular flexibility index (Phi) is 6.98. The largest absolute Gasteiger partial charge is 0.353 e. The molecule has 0 aliphatic carbocycles. The summed E-state index contributed by atoms with van der Waals surface area (Å²) in [7, 11) is 0. The van der Waals surface area contributed by atoms with Crippen molar-refractivity contribution >= 4 is 5.91 Å². The molecule has 1 amide bonds. The lowest BCUT2D eigenvalue weighted by Crippen LogP contribution is -2.49. The lowest BCUT2D eigenvalue weighted by atomic mass is 10.2. The average Bonchev–Trinajstić information content (AvgIpc) is 2.96. The number of aromatic nitrogens is 2. The van der Waals surface area contributed by atoms with Crippen molar-refractivity contribution in [1.29, 1.82) is 0 Å². The SMILES string of the molecule is CCCc1noc(CN2CCN(CC(=O)NC(C)CC)CC2)n1. The quantitative estimate of drug-likeness (QED) is 0.771. The first kappa shape index (κ1) is 17.9. The van der Waals surface area contributed by atoms with E-state index in [0.717, 1.165) is 51.3 Å². The predicted molar refractivity (Wildman–Crippen MR) is 87.9 cm³/mol. The first-order valence-corrected chi connectivity index (χ1v) is 8.66. The van der Waals surface area contributed by atoms with Crippen LogP contribution in [0, 0.1) is 0 Å². The van der Waals surface area contributed by atoms with Crippen LogP contribution in [0.2, 0.25) is 0 Å². The molecule has 0 bridgehead atoms. The minimum Gasteiger partial charge on any atom is -0.353 e. The van der Waals surface area contributed by atoms with Gasteiger partial charge in [0.2, 0.25) is 11.8 Å². The second-order valence-electron chi connectivity index (χ2n) is 6.28. The van der Waals surface area contributed by atoms with Gasteiger partial charge in [-0.3, -0.25) is 14.6 Å². The minimum atomic E-state index is 0.119. The van der Waals surface area contributed by atoms with Gasteiger partial charge in [0.05, 0.1) is 13.1 Å². The van der Waals surface area contributed by atoms with Crippen molar-refractivity contribution in [1.82, 2.24) is 25.3 Å². The number of hydrogen-bond donors (Lipinski definition) is 1. The van der Waals surface area contributed by atoms with Gasteiger partial charge in [-0.25, -0.2) is 0 Å². The molecule has 7 nitrogen and oxygen atoms in total. The number of nitrogens with one attached hydrogen (secondary N) is 1. The standard InChI is InChI=1S/C16H29N5O2/c1-4-6-14-18-16(23-19-14)12-21-9-7-20(8-10-21)11-15(22)17-13(3)5-2/h13H,4-12H2,1-3H3,(H,17,22). The fourth-order valence-electron chi connectivity index (χ4n) is 2.60. The molecule has 1 unspecified atom stereocenters. The molecule has 1 N–H and O–H groups in total. The van der Waals surface area contributed by atoms with Crippen molar-refractivity contribution in [2.75, 3.05) is 32.7 Å². The molecule has 0 spiro atoms. The zero-order chi connectivity index (χ0) is 16.7. The summed E-state index contributed by atoms with van der Waals surface area (Å²) in [6.07, 6.45) is 2.85. The normalized spacial score (nSPS) is 18.0. The van der Waals surface area contributed by atoms with E-state index in [2.05, 4.69) is 39.1 Å². The third-order valence-electron chi connectivity index (χ3n) is 4.19. The molecule has 0 aromatic carbocycles. The molecule has 0 radical (unpaired) electrons. The number of aryl methyl sites for hydroxylation is 1. The van der Waals surface area contributed by atoms with Gasteiger partial charge in [0.15, 0.2) is 5.82 Å². The molecule has 130 valence electrons. The summed E-state index contributed by atoms with van der Waals surface area (Å²) in [6.45, 7) is 11.0. The Morgan fingerprint density at radius 2 is 1.96 bits per heavy atom. The van der Waals surface area contributed by atoms with E-state index in [0.29, 0.717) is 19.0 Å². The van der Waals surface area contributed by atoms with Gasteiger partial charge >= 0.3 is 0 Å². The highest BCUT2D eigenvalue weighted by Crippen LogP contribution is 2.08. The van der Waals surface area contributed by atoms with E-state index in [-0.39, 0.29) is 11.9 Å². The van der Waals surface area contributed by atoms with Crippen LogP contribution in [0.25, 0.3) is 0 Å². The summed E-state index contributed by atoms with van der Waals surface area (Å²) in [5.74, 6) is 1.60. The molecule has 1 aliphatic heterocycles. The van der Waals surface area contributed by atoms with Crippen molar-refractivity contribution in [3.8, 4) is 0 Å². The zero-order valence-corrected chi connectivity index (χ0v) is 14.5. The fraction of sp³-hybridized carbons (Fsp3) is 0.812. The van der Waals surface area contributed by atoms with Gasteiger partial charge in [-0.15, -0.1) is 0 Å². The average molecular weight is 323 g/mol. The van der Waals surface area contributed by atoms with Crippen LogP contribution in [-0.2, 0) is 17.8 Å². The maximum absolute atomic E-state index is 11.9. The monoisotopic (exact) mass is 323 g/mol. The fourth-order valence-corrected chi connectivity index (χ4v) is 2.60.